The van der Waals surface area contributed by atoms with E-state index in [0.717, 1.165) is 12.1 Å². The van der Waals surface area contributed by atoms with Gasteiger partial charge in [0.25, 0.3) is 11.8 Å². The zero-order chi connectivity index (χ0) is 25.8. The molecular formula is C22H21F6IN2O2S. The first-order chi connectivity index (χ1) is 15.7. The minimum absolute atomic E-state index is 0.00886. The number of halogens is 7. The number of anilines is 1. The van der Waals surface area contributed by atoms with Crippen LogP contribution in [0.5, 0.6) is 0 Å². The fraction of sp³-hybridized carbons (Fsp3) is 0.364. The van der Waals surface area contributed by atoms with E-state index < -0.39 is 35.6 Å². The molecule has 2 rings (SSSR count). The Morgan fingerprint density at radius 2 is 1.65 bits per heavy atom. The average molecular weight is 618 g/mol. The molecule has 34 heavy (non-hydrogen) atoms. The number of alkyl halides is 6. The molecule has 2 aromatic carbocycles. The molecule has 4 nitrogen and oxygen atoms in total. The Bertz CT molecular complexity index is 1040. The number of amides is 2. The number of nitrogens with one attached hydrogen (secondary N) is 2. The first-order valence-electron chi connectivity index (χ1n) is 9.80. The molecule has 0 unspecified atom stereocenters. The lowest BCUT2D eigenvalue weighted by molar-refractivity contribution is -0.253. The molecule has 186 valence electrons. The second-order valence-electron chi connectivity index (χ2n) is 7.54. The van der Waals surface area contributed by atoms with Crippen molar-refractivity contribution in [2.24, 2.45) is 0 Å². The van der Waals surface area contributed by atoms with Crippen LogP contribution in [0.4, 0.5) is 32.0 Å². The van der Waals surface area contributed by atoms with Gasteiger partial charge in [-0.1, -0.05) is 18.2 Å². The fourth-order valence-electron chi connectivity index (χ4n) is 3.29. The summed E-state index contributed by atoms with van der Waals surface area (Å²) in [7, 11) is 0. The van der Waals surface area contributed by atoms with E-state index in [1.54, 1.807) is 12.1 Å². The fourth-order valence-corrected chi connectivity index (χ4v) is 4.62. The number of rotatable bonds is 7. The van der Waals surface area contributed by atoms with E-state index in [1.165, 1.54) is 24.8 Å². The van der Waals surface area contributed by atoms with Crippen LogP contribution in [0.2, 0.25) is 0 Å². The Balaban J connectivity index is 2.35. The van der Waals surface area contributed by atoms with Gasteiger partial charge in [-0.3, -0.25) is 9.59 Å². The molecular weight excluding hydrogens is 597 g/mol. The highest BCUT2D eigenvalue weighted by molar-refractivity contribution is 14.1. The van der Waals surface area contributed by atoms with Gasteiger partial charge in [0.15, 0.2) is 5.92 Å². The van der Waals surface area contributed by atoms with Crippen LogP contribution in [-0.4, -0.2) is 42.2 Å². The maximum absolute atomic E-state index is 13.0. The predicted molar refractivity (Wildman–Crippen MR) is 128 cm³/mol. The summed E-state index contributed by atoms with van der Waals surface area (Å²) < 4.78 is 78.7. The first-order valence-corrected chi connectivity index (χ1v) is 12.3. The lowest BCUT2D eigenvalue weighted by atomic mass is 9.95. The number of carbonyl (C=O) groups excluding carboxylic acids is 2. The summed E-state index contributed by atoms with van der Waals surface area (Å²) in [4.78, 5) is 25.7. The minimum atomic E-state index is -5.52. The maximum Gasteiger partial charge on any atom is 0.404 e. The molecule has 0 fully saturated rings. The molecule has 0 aromatic heterocycles. The van der Waals surface area contributed by atoms with Gasteiger partial charge < -0.3 is 10.6 Å². The molecule has 0 bridgehead atoms. The molecule has 0 aliphatic carbocycles. The van der Waals surface area contributed by atoms with Crippen molar-refractivity contribution < 1.29 is 35.9 Å². The van der Waals surface area contributed by atoms with Crippen LogP contribution in [-0.2, 0) is 0 Å². The summed E-state index contributed by atoms with van der Waals surface area (Å²) in [5.41, 5.74) is -0.801. The monoisotopic (exact) mass is 618 g/mol. The van der Waals surface area contributed by atoms with Crippen molar-refractivity contribution in [2.75, 3.05) is 17.3 Å². The average Bonchev–Trinajstić information content (AvgIpc) is 2.67. The highest BCUT2D eigenvalue weighted by Crippen LogP contribution is 2.46. The summed E-state index contributed by atoms with van der Waals surface area (Å²) in [5, 5.41) is 5.28. The molecule has 2 amide bonds. The van der Waals surface area contributed by atoms with Crippen molar-refractivity contribution in [3.05, 3.63) is 62.2 Å². The Morgan fingerprint density at radius 1 is 1.03 bits per heavy atom. The third kappa shape index (κ3) is 7.03. The first kappa shape index (κ1) is 28.3. The van der Waals surface area contributed by atoms with Crippen LogP contribution in [0.1, 0.15) is 44.7 Å². The molecule has 2 N–H and O–H groups in total. The van der Waals surface area contributed by atoms with Gasteiger partial charge in [-0.25, -0.2) is 0 Å². The largest absolute Gasteiger partial charge is 0.404 e. The van der Waals surface area contributed by atoms with E-state index in [4.69, 9.17) is 0 Å². The lowest BCUT2D eigenvalue weighted by Crippen LogP contribution is -2.36. The number of hydrogen-bond donors (Lipinski definition) is 2. The second kappa shape index (κ2) is 11.2. The summed E-state index contributed by atoms with van der Waals surface area (Å²) in [6.45, 7) is 3.10. The quantitative estimate of drug-likeness (QED) is 0.274. The van der Waals surface area contributed by atoms with E-state index in [-0.39, 0.29) is 28.4 Å². The SMILES string of the molecule is CSC[C@H](C)NC(=O)c1c(I)cccc1C(=O)Nc1ccc(C(C(F)(F)F)C(F)(F)F)cc1C. The molecule has 0 saturated heterocycles. The molecule has 0 spiro atoms. The summed E-state index contributed by atoms with van der Waals surface area (Å²) in [6, 6.07) is 6.86. The highest BCUT2D eigenvalue weighted by atomic mass is 127. The molecule has 0 aliphatic rings. The van der Waals surface area contributed by atoms with Crippen molar-refractivity contribution in [1.29, 1.82) is 0 Å². The number of aryl methyl sites for hydroxylation is 1. The van der Waals surface area contributed by atoms with E-state index in [0.29, 0.717) is 15.4 Å². The Kier molecular flexibility index (Phi) is 9.30. The molecule has 1 atom stereocenters. The zero-order valence-electron chi connectivity index (χ0n) is 18.2. The number of carbonyl (C=O) groups is 2. The Morgan fingerprint density at radius 3 is 2.18 bits per heavy atom. The van der Waals surface area contributed by atoms with Crippen LogP contribution in [0, 0.1) is 10.5 Å². The second-order valence-corrected chi connectivity index (χ2v) is 9.61. The van der Waals surface area contributed by atoms with Crippen molar-refractivity contribution in [1.82, 2.24) is 5.32 Å². The van der Waals surface area contributed by atoms with Crippen molar-refractivity contribution in [3.63, 3.8) is 0 Å². The van der Waals surface area contributed by atoms with Gasteiger partial charge in [0.05, 0.1) is 11.1 Å². The molecule has 12 heteroatoms. The van der Waals surface area contributed by atoms with Crippen LogP contribution in [0.3, 0.4) is 0 Å². The summed E-state index contributed by atoms with van der Waals surface area (Å²) in [5.74, 6) is -4.18. The number of thioether (sulfide) groups is 1. The minimum Gasteiger partial charge on any atom is -0.349 e. The van der Waals surface area contributed by atoms with Crippen molar-refractivity contribution in [2.45, 2.75) is 38.2 Å². The normalized spacial score (nSPS) is 13.0. The van der Waals surface area contributed by atoms with Gasteiger partial charge in [0.1, 0.15) is 0 Å². The zero-order valence-corrected chi connectivity index (χ0v) is 21.2. The predicted octanol–water partition coefficient (Wildman–Crippen LogP) is 6.54. The highest BCUT2D eigenvalue weighted by Gasteiger charge is 2.57. The van der Waals surface area contributed by atoms with Gasteiger partial charge in [0, 0.05) is 21.1 Å². The molecule has 0 saturated carbocycles. The Labute approximate surface area is 210 Å². The van der Waals surface area contributed by atoms with Gasteiger partial charge in [-0.05, 0) is 72.0 Å². The van der Waals surface area contributed by atoms with Crippen LogP contribution < -0.4 is 10.6 Å². The maximum atomic E-state index is 13.0. The summed E-state index contributed by atoms with van der Waals surface area (Å²) in [6.07, 6.45) is -9.16. The third-order valence-electron chi connectivity index (χ3n) is 4.77. The third-order valence-corrected chi connectivity index (χ3v) is 6.50. The van der Waals surface area contributed by atoms with Gasteiger partial charge >= 0.3 is 12.4 Å². The molecule has 0 aliphatic heterocycles. The summed E-state index contributed by atoms with van der Waals surface area (Å²) >= 11 is 3.44. The van der Waals surface area contributed by atoms with E-state index >= 15 is 0 Å². The molecule has 0 radical (unpaired) electrons. The standard InChI is InChI=1S/C22H21F6IN2O2S/c1-11-9-13(18(21(23,24)25)22(26,27)28)7-8-16(11)31-19(32)14-5-4-6-15(29)17(14)20(33)30-12(2)10-34-3/h4-9,12,18H,10H2,1-3H3,(H,30,33)(H,31,32)/t12-/m0/s1. The van der Waals surface area contributed by atoms with Crippen LogP contribution in [0.25, 0.3) is 0 Å². The van der Waals surface area contributed by atoms with Crippen LogP contribution >= 0.6 is 34.4 Å². The van der Waals surface area contributed by atoms with E-state index in [9.17, 15) is 35.9 Å². The van der Waals surface area contributed by atoms with E-state index in [1.807, 2.05) is 35.8 Å². The van der Waals surface area contributed by atoms with E-state index in [2.05, 4.69) is 10.6 Å². The van der Waals surface area contributed by atoms with Crippen LogP contribution in [0.15, 0.2) is 36.4 Å². The number of hydrogen-bond acceptors (Lipinski definition) is 3. The van der Waals surface area contributed by atoms with Gasteiger partial charge in [0.2, 0.25) is 0 Å². The van der Waals surface area contributed by atoms with Crippen molar-refractivity contribution in [3.8, 4) is 0 Å². The van der Waals surface area contributed by atoms with Crippen molar-refractivity contribution >= 4 is 51.9 Å². The number of benzene rings is 2. The lowest BCUT2D eigenvalue weighted by Gasteiger charge is -2.24. The Hall–Kier alpha value is -1.96. The molecule has 0 heterocycles. The molecule has 2 aromatic rings. The smallest absolute Gasteiger partial charge is 0.349 e. The van der Waals surface area contributed by atoms with Gasteiger partial charge in [-0.2, -0.15) is 38.1 Å². The van der Waals surface area contributed by atoms with Gasteiger partial charge in [-0.15, -0.1) is 0 Å². The topological polar surface area (TPSA) is 58.2 Å².